The van der Waals surface area contributed by atoms with Crippen LogP contribution in [0.2, 0.25) is 0 Å². The van der Waals surface area contributed by atoms with Crippen LogP contribution in [-0.4, -0.2) is 31.8 Å². The normalized spacial score (nSPS) is 18.6. The van der Waals surface area contributed by atoms with E-state index >= 15 is 0 Å². The molecule has 0 saturated heterocycles. The molecule has 0 aromatic heterocycles. The van der Waals surface area contributed by atoms with Crippen LogP contribution in [0.25, 0.3) is 0 Å². The fourth-order valence-corrected chi connectivity index (χ4v) is 4.39. The van der Waals surface area contributed by atoms with Gasteiger partial charge in [-0.05, 0) is 37.0 Å². The number of carbonyl (C=O) groups is 1. The van der Waals surface area contributed by atoms with Crippen LogP contribution in [0, 0.1) is 11.3 Å². The van der Waals surface area contributed by atoms with E-state index in [1.807, 2.05) is 0 Å². The van der Waals surface area contributed by atoms with Gasteiger partial charge >= 0.3 is 5.97 Å². The van der Waals surface area contributed by atoms with Crippen molar-refractivity contribution in [3.63, 3.8) is 0 Å². The van der Waals surface area contributed by atoms with Crippen molar-refractivity contribution in [2.75, 3.05) is 12.3 Å². The molecule has 0 amide bonds. The van der Waals surface area contributed by atoms with Crippen molar-refractivity contribution in [1.29, 1.82) is 0 Å². The van der Waals surface area contributed by atoms with Crippen LogP contribution in [-0.2, 0) is 14.8 Å². The third-order valence-electron chi connectivity index (χ3n) is 3.98. The number of rotatable bonds is 9. The number of hydrogen-bond acceptors (Lipinski definition) is 3. The highest BCUT2D eigenvalue weighted by atomic mass is 32.2. The van der Waals surface area contributed by atoms with Crippen LogP contribution >= 0.6 is 0 Å². The highest BCUT2D eigenvalue weighted by Crippen LogP contribution is 2.42. The summed E-state index contributed by atoms with van der Waals surface area (Å²) < 4.78 is 26.5. The second-order valence-corrected chi connectivity index (χ2v) is 8.37. The lowest BCUT2D eigenvalue weighted by molar-refractivity contribution is -0.137. The maximum Gasteiger partial charge on any atom is 0.303 e. The zero-order chi connectivity index (χ0) is 15.2. The third kappa shape index (κ3) is 6.22. The average molecular weight is 305 g/mol. The van der Waals surface area contributed by atoms with Gasteiger partial charge in [-0.15, -0.1) is 0 Å². The van der Waals surface area contributed by atoms with Crippen molar-refractivity contribution >= 4 is 16.0 Å². The lowest BCUT2D eigenvalue weighted by Gasteiger charge is -2.31. The van der Waals surface area contributed by atoms with Crippen molar-refractivity contribution in [2.24, 2.45) is 11.3 Å². The Bertz CT molecular complexity index is 411. The van der Waals surface area contributed by atoms with Crippen LogP contribution in [0.1, 0.15) is 58.8 Å². The van der Waals surface area contributed by atoms with Gasteiger partial charge in [0.25, 0.3) is 0 Å². The first-order valence-electron chi connectivity index (χ1n) is 7.44. The number of hydrogen-bond donors (Lipinski definition) is 2. The Balaban J connectivity index is 2.48. The third-order valence-corrected chi connectivity index (χ3v) is 5.39. The van der Waals surface area contributed by atoms with E-state index in [0.29, 0.717) is 12.5 Å². The molecule has 0 aliphatic heterocycles. The first-order valence-corrected chi connectivity index (χ1v) is 9.09. The summed E-state index contributed by atoms with van der Waals surface area (Å²) in [6.07, 6.45) is 5.64. The molecule has 0 bridgehead atoms. The molecule has 1 aliphatic carbocycles. The molecule has 0 radical (unpaired) electrons. The quantitative estimate of drug-likeness (QED) is 0.685. The summed E-state index contributed by atoms with van der Waals surface area (Å²) in [5.41, 5.74) is 0.105. The van der Waals surface area contributed by atoms with E-state index in [1.54, 1.807) is 0 Å². The lowest BCUT2D eigenvalue weighted by atomic mass is 9.79. The van der Waals surface area contributed by atoms with E-state index < -0.39 is 16.0 Å². The molecule has 0 unspecified atom stereocenters. The lowest BCUT2D eigenvalue weighted by Crippen LogP contribution is -2.38. The van der Waals surface area contributed by atoms with Gasteiger partial charge in [-0.25, -0.2) is 13.1 Å². The molecule has 2 N–H and O–H groups in total. The molecule has 1 aliphatic rings. The molecule has 1 fully saturated rings. The largest absolute Gasteiger partial charge is 0.481 e. The Kier molecular flexibility index (Phi) is 6.45. The minimum atomic E-state index is -3.35. The zero-order valence-corrected chi connectivity index (χ0v) is 13.3. The van der Waals surface area contributed by atoms with Crippen LogP contribution in [0.15, 0.2) is 0 Å². The van der Waals surface area contributed by atoms with Gasteiger partial charge in [-0.2, -0.15) is 0 Å². The second kappa shape index (κ2) is 7.41. The molecule has 0 aromatic rings. The van der Waals surface area contributed by atoms with E-state index in [9.17, 15) is 13.2 Å². The fourth-order valence-electron chi connectivity index (χ4n) is 3.19. The van der Waals surface area contributed by atoms with E-state index in [1.165, 1.54) is 12.8 Å². The number of sulfonamides is 1. The van der Waals surface area contributed by atoms with Crippen LogP contribution in [0.4, 0.5) is 0 Å². The van der Waals surface area contributed by atoms with Gasteiger partial charge in [0.15, 0.2) is 0 Å². The van der Waals surface area contributed by atoms with E-state index in [0.717, 1.165) is 19.3 Å². The van der Waals surface area contributed by atoms with E-state index in [-0.39, 0.29) is 24.0 Å². The molecule has 6 heteroatoms. The smallest absolute Gasteiger partial charge is 0.303 e. The molecular formula is C14H27NO4S. The van der Waals surface area contributed by atoms with Crippen molar-refractivity contribution < 1.29 is 18.3 Å². The highest BCUT2D eigenvalue weighted by Gasteiger charge is 2.35. The Morgan fingerprint density at radius 2 is 1.90 bits per heavy atom. The Labute approximate surface area is 122 Å². The first kappa shape index (κ1) is 17.4. The van der Waals surface area contributed by atoms with Crippen molar-refractivity contribution in [3.8, 4) is 0 Å². The standard InChI is InChI=1S/C14H27NO4S/c1-12(2)10-14(7-3-4-8-14)11-15-20(18,19)9-5-6-13(16)17/h12,15H,3-11H2,1-2H3,(H,16,17). The summed E-state index contributed by atoms with van der Waals surface area (Å²) in [6.45, 7) is 4.84. The number of nitrogens with one attached hydrogen (secondary N) is 1. The number of aliphatic carboxylic acids is 1. The van der Waals surface area contributed by atoms with Crippen LogP contribution in [0.3, 0.4) is 0 Å². The van der Waals surface area contributed by atoms with Gasteiger partial charge in [-0.3, -0.25) is 4.79 Å². The molecule has 20 heavy (non-hydrogen) atoms. The van der Waals surface area contributed by atoms with Crippen LogP contribution < -0.4 is 4.72 Å². The maximum absolute atomic E-state index is 11.9. The van der Waals surface area contributed by atoms with E-state index in [4.69, 9.17) is 5.11 Å². The van der Waals surface area contributed by atoms with Gasteiger partial charge in [0.2, 0.25) is 10.0 Å². The molecule has 5 nitrogen and oxygen atoms in total. The number of carboxylic acid groups (broad SMARTS) is 1. The molecule has 1 saturated carbocycles. The molecular weight excluding hydrogens is 278 g/mol. The van der Waals surface area contributed by atoms with Gasteiger partial charge in [0, 0.05) is 13.0 Å². The van der Waals surface area contributed by atoms with Gasteiger partial charge in [0.1, 0.15) is 0 Å². The summed E-state index contributed by atoms with van der Waals surface area (Å²) in [6, 6.07) is 0. The highest BCUT2D eigenvalue weighted by molar-refractivity contribution is 7.89. The topological polar surface area (TPSA) is 83.5 Å². The molecule has 0 atom stereocenters. The molecule has 0 heterocycles. The average Bonchev–Trinajstić information content (AvgIpc) is 2.74. The first-order chi connectivity index (χ1) is 9.25. The minimum Gasteiger partial charge on any atom is -0.481 e. The van der Waals surface area contributed by atoms with Gasteiger partial charge in [0.05, 0.1) is 5.75 Å². The van der Waals surface area contributed by atoms with Crippen molar-refractivity contribution in [3.05, 3.63) is 0 Å². The molecule has 0 spiro atoms. The Morgan fingerprint density at radius 3 is 2.40 bits per heavy atom. The fraction of sp³-hybridized carbons (Fsp3) is 0.929. The van der Waals surface area contributed by atoms with Crippen molar-refractivity contribution in [2.45, 2.75) is 58.8 Å². The Hall–Kier alpha value is -0.620. The van der Waals surface area contributed by atoms with Gasteiger partial charge < -0.3 is 5.11 Å². The SMILES string of the molecule is CC(C)CC1(CNS(=O)(=O)CCCC(=O)O)CCCC1. The number of carboxylic acids is 1. The molecule has 118 valence electrons. The van der Waals surface area contributed by atoms with Crippen molar-refractivity contribution in [1.82, 2.24) is 4.72 Å². The molecule has 1 rings (SSSR count). The second-order valence-electron chi connectivity index (χ2n) is 6.44. The zero-order valence-electron chi connectivity index (χ0n) is 12.5. The summed E-state index contributed by atoms with van der Waals surface area (Å²) in [7, 11) is -3.35. The predicted molar refractivity (Wildman–Crippen MR) is 79.0 cm³/mol. The molecule has 0 aromatic carbocycles. The van der Waals surface area contributed by atoms with E-state index in [2.05, 4.69) is 18.6 Å². The maximum atomic E-state index is 11.9. The summed E-state index contributed by atoms with van der Waals surface area (Å²) in [4.78, 5) is 10.4. The van der Waals surface area contributed by atoms with Crippen LogP contribution in [0.5, 0.6) is 0 Å². The summed E-state index contributed by atoms with van der Waals surface area (Å²) in [5.74, 6) is -0.492. The summed E-state index contributed by atoms with van der Waals surface area (Å²) >= 11 is 0. The Morgan fingerprint density at radius 1 is 1.30 bits per heavy atom. The minimum absolute atomic E-state index is 0.0992. The predicted octanol–water partition coefficient (Wildman–Crippen LogP) is 2.38. The van der Waals surface area contributed by atoms with Gasteiger partial charge in [-0.1, -0.05) is 26.7 Å². The monoisotopic (exact) mass is 305 g/mol. The summed E-state index contributed by atoms with van der Waals surface area (Å²) in [5, 5.41) is 8.54.